The number of hydrogen-bond donors (Lipinski definition) is 1. The van der Waals surface area contributed by atoms with Crippen molar-refractivity contribution >= 4 is 44.3 Å². The Morgan fingerprint density at radius 3 is 2.79 bits per heavy atom. The molecule has 5 rings (SSSR count). The van der Waals surface area contributed by atoms with Gasteiger partial charge in [0, 0.05) is 54.7 Å². The van der Waals surface area contributed by atoms with Gasteiger partial charge in [0.05, 0.1) is 10.4 Å². The number of primary amides is 1. The summed E-state index contributed by atoms with van der Waals surface area (Å²) in [6.07, 6.45) is 4.43. The molecule has 4 aromatic rings. The number of nitrogens with zero attached hydrogens (tertiary/aromatic N) is 3. The fourth-order valence-electron chi connectivity index (χ4n) is 4.40. The molecule has 7 heteroatoms. The van der Waals surface area contributed by atoms with Gasteiger partial charge in [-0.2, -0.15) is 0 Å². The lowest BCUT2D eigenvalue weighted by Gasteiger charge is -2.16. The van der Waals surface area contributed by atoms with Crippen LogP contribution in [-0.4, -0.2) is 39.4 Å². The molecule has 4 heterocycles. The quantitative estimate of drug-likeness (QED) is 0.567. The molecule has 1 aliphatic rings. The molecular formula is C22H20N4O2S. The molecule has 0 spiro atoms. The van der Waals surface area contributed by atoms with Gasteiger partial charge in [-0.3, -0.25) is 9.59 Å². The molecule has 1 aliphatic heterocycles. The van der Waals surface area contributed by atoms with Crippen molar-refractivity contribution in [2.24, 2.45) is 12.8 Å². The van der Waals surface area contributed by atoms with E-state index in [1.807, 2.05) is 59.1 Å². The van der Waals surface area contributed by atoms with Gasteiger partial charge in [0.25, 0.3) is 11.8 Å². The molecule has 1 atom stereocenters. The van der Waals surface area contributed by atoms with Crippen LogP contribution in [0.15, 0.2) is 48.8 Å². The molecule has 29 heavy (non-hydrogen) atoms. The summed E-state index contributed by atoms with van der Waals surface area (Å²) in [5.41, 5.74) is 8.36. The van der Waals surface area contributed by atoms with Crippen LogP contribution in [0.2, 0.25) is 0 Å². The number of thiophene rings is 1. The number of fused-ring (bicyclic) bond motifs is 2. The first kappa shape index (κ1) is 17.9. The van der Waals surface area contributed by atoms with Gasteiger partial charge in [-0.1, -0.05) is 24.3 Å². The zero-order chi connectivity index (χ0) is 20.1. The number of hydrogen-bond acceptors (Lipinski definition) is 4. The van der Waals surface area contributed by atoms with Gasteiger partial charge in [-0.25, -0.2) is 4.98 Å². The minimum Gasteiger partial charge on any atom is -0.365 e. The van der Waals surface area contributed by atoms with Crippen molar-refractivity contribution in [3.05, 3.63) is 64.8 Å². The first-order valence-electron chi connectivity index (χ1n) is 9.55. The molecule has 6 nitrogen and oxygen atoms in total. The number of carbonyl (C=O) groups is 2. The predicted molar refractivity (Wildman–Crippen MR) is 114 cm³/mol. The van der Waals surface area contributed by atoms with E-state index in [-0.39, 0.29) is 11.8 Å². The van der Waals surface area contributed by atoms with Crippen LogP contribution in [0.4, 0.5) is 0 Å². The van der Waals surface area contributed by atoms with Gasteiger partial charge in [0.1, 0.15) is 4.83 Å². The average molecular weight is 404 g/mol. The SMILES string of the molecule is Cn1cc(C(=O)N2CCC(c3c(C(N)=O)sc4ncccc34)C2)c2ccccc21. The Kier molecular flexibility index (Phi) is 4.13. The smallest absolute Gasteiger partial charge is 0.259 e. The molecular weight excluding hydrogens is 384 g/mol. The second kappa shape index (κ2) is 6.70. The summed E-state index contributed by atoms with van der Waals surface area (Å²) in [7, 11) is 1.95. The van der Waals surface area contributed by atoms with E-state index in [1.54, 1.807) is 6.20 Å². The summed E-state index contributed by atoms with van der Waals surface area (Å²) < 4.78 is 1.99. The van der Waals surface area contributed by atoms with Crippen molar-refractivity contribution in [3.8, 4) is 0 Å². The molecule has 1 aromatic carbocycles. The Bertz CT molecular complexity index is 1270. The number of likely N-dealkylation sites (tertiary alicyclic amines) is 1. The molecule has 2 amide bonds. The van der Waals surface area contributed by atoms with Crippen molar-refractivity contribution in [2.75, 3.05) is 13.1 Å². The van der Waals surface area contributed by atoms with E-state index in [0.717, 1.165) is 38.7 Å². The van der Waals surface area contributed by atoms with E-state index in [9.17, 15) is 9.59 Å². The summed E-state index contributed by atoms with van der Waals surface area (Å²) in [6.45, 7) is 1.23. The van der Waals surface area contributed by atoms with Crippen LogP contribution in [0.25, 0.3) is 21.1 Å². The van der Waals surface area contributed by atoms with Crippen LogP contribution in [0.1, 0.15) is 37.9 Å². The summed E-state index contributed by atoms with van der Waals surface area (Å²) in [6, 6.07) is 11.8. The normalized spacial score (nSPS) is 16.7. The average Bonchev–Trinajstić information content (AvgIpc) is 3.43. The van der Waals surface area contributed by atoms with E-state index in [0.29, 0.717) is 18.0 Å². The van der Waals surface area contributed by atoms with E-state index in [1.165, 1.54) is 11.3 Å². The Morgan fingerprint density at radius 1 is 1.17 bits per heavy atom. The minimum absolute atomic E-state index is 0.0302. The third kappa shape index (κ3) is 2.81. The van der Waals surface area contributed by atoms with Crippen molar-refractivity contribution in [1.29, 1.82) is 0 Å². The highest BCUT2D eigenvalue weighted by atomic mass is 32.1. The van der Waals surface area contributed by atoms with Gasteiger partial charge >= 0.3 is 0 Å². The third-order valence-electron chi connectivity index (χ3n) is 5.74. The van der Waals surface area contributed by atoms with Gasteiger partial charge in [-0.05, 0) is 24.1 Å². The number of carbonyl (C=O) groups excluding carboxylic acids is 2. The van der Waals surface area contributed by atoms with Gasteiger partial charge < -0.3 is 15.2 Å². The van der Waals surface area contributed by atoms with E-state index in [2.05, 4.69) is 4.98 Å². The number of benzene rings is 1. The van der Waals surface area contributed by atoms with Crippen molar-refractivity contribution in [3.63, 3.8) is 0 Å². The van der Waals surface area contributed by atoms with Crippen molar-refractivity contribution < 1.29 is 9.59 Å². The molecule has 0 aliphatic carbocycles. The van der Waals surface area contributed by atoms with Gasteiger partial charge in [0.15, 0.2) is 0 Å². The van der Waals surface area contributed by atoms with Gasteiger partial charge in [-0.15, -0.1) is 11.3 Å². The number of pyridine rings is 1. The zero-order valence-corrected chi connectivity index (χ0v) is 16.8. The van der Waals surface area contributed by atoms with Crippen LogP contribution < -0.4 is 5.73 Å². The highest BCUT2D eigenvalue weighted by Crippen LogP contribution is 2.39. The number of amides is 2. The zero-order valence-electron chi connectivity index (χ0n) is 16.0. The minimum atomic E-state index is -0.429. The predicted octanol–water partition coefficient (Wildman–Crippen LogP) is 3.52. The second-order valence-corrected chi connectivity index (χ2v) is 8.47. The second-order valence-electron chi connectivity index (χ2n) is 7.47. The Labute approximate surface area is 171 Å². The summed E-state index contributed by atoms with van der Waals surface area (Å²) in [5.74, 6) is -0.321. The fraction of sp³-hybridized carbons (Fsp3) is 0.227. The first-order valence-corrected chi connectivity index (χ1v) is 10.4. The van der Waals surface area contributed by atoms with Crippen molar-refractivity contribution in [2.45, 2.75) is 12.3 Å². The number of aromatic nitrogens is 2. The molecule has 0 radical (unpaired) electrons. The van der Waals surface area contributed by atoms with E-state index >= 15 is 0 Å². The molecule has 1 fully saturated rings. The highest BCUT2D eigenvalue weighted by molar-refractivity contribution is 7.20. The summed E-state index contributed by atoms with van der Waals surface area (Å²) in [5, 5.41) is 1.93. The van der Waals surface area contributed by atoms with Crippen LogP contribution >= 0.6 is 11.3 Å². The van der Waals surface area contributed by atoms with Crippen LogP contribution in [0.5, 0.6) is 0 Å². The number of rotatable bonds is 3. The first-order chi connectivity index (χ1) is 14.0. The monoisotopic (exact) mass is 404 g/mol. The Hall–Kier alpha value is -3.19. The molecule has 1 saturated heterocycles. The fourth-order valence-corrected chi connectivity index (χ4v) is 5.48. The molecule has 2 N–H and O–H groups in total. The standard InChI is InChI=1S/C22H20N4O2S/c1-25-12-16(14-5-2-3-7-17(14)25)22(28)26-10-8-13(11-26)18-15-6-4-9-24-21(15)29-19(18)20(23)27/h2-7,9,12-13H,8,10-11H2,1H3,(H2,23,27). The third-order valence-corrected chi connectivity index (χ3v) is 6.88. The molecule has 146 valence electrons. The highest BCUT2D eigenvalue weighted by Gasteiger charge is 2.33. The molecule has 1 unspecified atom stereocenters. The van der Waals surface area contributed by atoms with Crippen molar-refractivity contribution in [1.82, 2.24) is 14.5 Å². The number of nitrogens with two attached hydrogens (primary N) is 1. The maximum Gasteiger partial charge on any atom is 0.259 e. The largest absolute Gasteiger partial charge is 0.365 e. The topological polar surface area (TPSA) is 81.2 Å². The van der Waals surface area contributed by atoms with E-state index in [4.69, 9.17) is 5.73 Å². The van der Waals surface area contributed by atoms with Crippen LogP contribution in [0.3, 0.4) is 0 Å². The van der Waals surface area contributed by atoms with Gasteiger partial charge in [0.2, 0.25) is 0 Å². The molecule has 3 aromatic heterocycles. The lowest BCUT2D eigenvalue weighted by Crippen LogP contribution is -2.28. The maximum atomic E-state index is 13.3. The lowest BCUT2D eigenvalue weighted by molar-refractivity contribution is 0.0792. The molecule has 0 bridgehead atoms. The number of aryl methyl sites for hydroxylation is 1. The van der Waals surface area contributed by atoms with E-state index < -0.39 is 5.91 Å². The summed E-state index contributed by atoms with van der Waals surface area (Å²) >= 11 is 1.34. The van der Waals surface area contributed by atoms with Crippen LogP contribution in [-0.2, 0) is 7.05 Å². The van der Waals surface area contributed by atoms with Crippen LogP contribution in [0, 0.1) is 0 Å². The Balaban J connectivity index is 1.49. The lowest BCUT2D eigenvalue weighted by atomic mass is 9.95. The summed E-state index contributed by atoms with van der Waals surface area (Å²) in [4.78, 5) is 33.0. The number of para-hydroxylation sites is 1. The molecule has 0 saturated carbocycles. The maximum absolute atomic E-state index is 13.3. The Morgan fingerprint density at radius 2 is 1.97 bits per heavy atom.